The lowest BCUT2D eigenvalue weighted by molar-refractivity contribution is -0.117. The number of nitrogens with zero attached hydrogens (tertiary/aromatic N) is 5. The van der Waals surface area contributed by atoms with Crippen LogP contribution in [-0.4, -0.2) is 31.6 Å². The maximum atomic E-state index is 13.4. The van der Waals surface area contributed by atoms with Crippen molar-refractivity contribution in [2.75, 3.05) is 11.4 Å². The van der Waals surface area contributed by atoms with Crippen molar-refractivity contribution in [3.05, 3.63) is 87.0 Å². The van der Waals surface area contributed by atoms with Gasteiger partial charge in [-0.3, -0.25) is 18.6 Å². The van der Waals surface area contributed by atoms with E-state index in [1.807, 2.05) is 32.9 Å². The fourth-order valence-corrected chi connectivity index (χ4v) is 6.49. The number of hydrogen-bond acceptors (Lipinski definition) is 6. The average molecular weight is 530 g/mol. The molecule has 0 unspecified atom stereocenters. The first-order valence-electron chi connectivity index (χ1n) is 12.5. The Morgan fingerprint density at radius 3 is 2.43 bits per heavy atom. The molecule has 188 valence electrons. The minimum absolute atomic E-state index is 0.0403. The fourth-order valence-electron chi connectivity index (χ4n) is 4.77. The van der Waals surface area contributed by atoms with Crippen LogP contribution in [0.3, 0.4) is 0 Å². The number of anilines is 1. The summed E-state index contributed by atoms with van der Waals surface area (Å²) in [4.78, 5) is 27.3. The molecule has 5 aromatic rings. The van der Waals surface area contributed by atoms with E-state index in [4.69, 9.17) is 0 Å². The van der Waals surface area contributed by atoms with Gasteiger partial charge in [-0.2, -0.15) is 0 Å². The van der Waals surface area contributed by atoms with Gasteiger partial charge in [0.1, 0.15) is 4.70 Å². The van der Waals surface area contributed by atoms with Crippen molar-refractivity contribution in [3.63, 3.8) is 0 Å². The molecular weight excluding hydrogens is 502 g/mol. The maximum absolute atomic E-state index is 13.4. The molecule has 7 nitrogen and oxygen atoms in total. The van der Waals surface area contributed by atoms with Crippen LogP contribution in [0, 0.1) is 0 Å². The second-order valence-corrected chi connectivity index (χ2v) is 11.5. The van der Waals surface area contributed by atoms with Gasteiger partial charge in [0.2, 0.25) is 11.7 Å². The van der Waals surface area contributed by atoms with Crippen molar-refractivity contribution < 1.29 is 4.79 Å². The largest absolute Gasteiger partial charge is 0.312 e. The van der Waals surface area contributed by atoms with Gasteiger partial charge in [0.15, 0.2) is 5.16 Å². The third-order valence-corrected chi connectivity index (χ3v) is 8.75. The summed E-state index contributed by atoms with van der Waals surface area (Å²) in [5.74, 6) is 1.91. The normalized spacial score (nSPS) is 14.0. The SMILES string of the molecule is CC(C)c1ccc(Cn2c(=O)c3sccc3n3c(SCc4ccc(N5CCCC5=O)cc4)nnc23)cc1. The lowest BCUT2D eigenvalue weighted by atomic mass is 10.0. The molecule has 1 aliphatic rings. The van der Waals surface area contributed by atoms with E-state index in [0.29, 0.717) is 35.1 Å². The van der Waals surface area contributed by atoms with Gasteiger partial charge in [-0.1, -0.05) is 62.0 Å². The fraction of sp³-hybridized carbons (Fsp3) is 0.286. The van der Waals surface area contributed by atoms with Gasteiger partial charge in [-0.25, -0.2) is 0 Å². The number of carbonyl (C=O) groups is 1. The highest BCUT2D eigenvalue weighted by Gasteiger charge is 2.22. The summed E-state index contributed by atoms with van der Waals surface area (Å²) in [5, 5.41) is 11.6. The molecule has 1 amide bonds. The van der Waals surface area contributed by atoms with Gasteiger partial charge in [-0.15, -0.1) is 21.5 Å². The second kappa shape index (κ2) is 9.79. The Morgan fingerprint density at radius 2 is 1.73 bits per heavy atom. The minimum Gasteiger partial charge on any atom is -0.312 e. The zero-order valence-electron chi connectivity index (χ0n) is 20.8. The monoisotopic (exact) mass is 529 g/mol. The van der Waals surface area contributed by atoms with Crippen LogP contribution >= 0.6 is 23.1 Å². The molecule has 0 saturated carbocycles. The molecule has 0 N–H and O–H groups in total. The number of carbonyl (C=O) groups excluding carboxylic acids is 1. The highest BCUT2D eigenvalue weighted by Crippen LogP contribution is 2.28. The quantitative estimate of drug-likeness (QED) is 0.253. The van der Waals surface area contributed by atoms with Crippen molar-refractivity contribution in [1.82, 2.24) is 19.2 Å². The van der Waals surface area contributed by atoms with Crippen LogP contribution in [0.15, 0.2) is 69.9 Å². The number of rotatable bonds is 7. The summed E-state index contributed by atoms with van der Waals surface area (Å²) >= 11 is 3.04. The smallest absolute Gasteiger partial charge is 0.273 e. The molecule has 37 heavy (non-hydrogen) atoms. The van der Waals surface area contributed by atoms with E-state index < -0.39 is 0 Å². The topological polar surface area (TPSA) is 72.5 Å². The van der Waals surface area contributed by atoms with Crippen molar-refractivity contribution in [3.8, 4) is 0 Å². The van der Waals surface area contributed by atoms with Gasteiger partial charge >= 0.3 is 0 Å². The van der Waals surface area contributed by atoms with E-state index in [9.17, 15) is 9.59 Å². The van der Waals surface area contributed by atoms with Crippen molar-refractivity contribution in [2.24, 2.45) is 0 Å². The minimum atomic E-state index is -0.0403. The molecule has 1 fully saturated rings. The van der Waals surface area contributed by atoms with Gasteiger partial charge in [-0.05, 0) is 52.6 Å². The first kappa shape index (κ1) is 23.9. The number of benzene rings is 2. The lowest BCUT2D eigenvalue weighted by Crippen LogP contribution is -2.23. The Morgan fingerprint density at radius 1 is 0.973 bits per heavy atom. The molecule has 1 aliphatic heterocycles. The Kier molecular flexibility index (Phi) is 6.34. The molecule has 2 aromatic carbocycles. The van der Waals surface area contributed by atoms with Crippen LogP contribution < -0.4 is 10.5 Å². The van der Waals surface area contributed by atoms with Gasteiger partial charge in [0.25, 0.3) is 5.56 Å². The molecule has 0 radical (unpaired) electrons. The van der Waals surface area contributed by atoms with E-state index in [1.165, 1.54) is 16.9 Å². The summed E-state index contributed by atoms with van der Waals surface area (Å²) < 4.78 is 4.42. The first-order valence-corrected chi connectivity index (χ1v) is 14.3. The number of amides is 1. The molecule has 6 rings (SSSR count). The predicted octanol–water partition coefficient (Wildman–Crippen LogP) is 5.70. The van der Waals surface area contributed by atoms with E-state index >= 15 is 0 Å². The second-order valence-electron chi connectivity index (χ2n) is 9.64. The molecule has 3 aromatic heterocycles. The molecule has 0 aliphatic carbocycles. The van der Waals surface area contributed by atoms with Gasteiger partial charge < -0.3 is 4.90 Å². The van der Waals surface area contributed by atoms with Gasteiger partial charge in [0, 0.05) is 24.4 Å². The third-order valence-electron chi connectivity index (χ3n) is 6.86. The number of thiophene rings is 1. The summed E-state index contributed by atoms with van der Waals surface area (Å²) in [5.41, 5.74) is 5.22. The van der Waals surface area contributed by atoms with Crippen LogP contribution in [0.25, 0.3) is 16.0 Å². The molecule has 0 atom stereocenters. The standard InChI is InChI=1S/C28H27N5O2S2/c1-18(2)21-9-5-19(6-10-21)16-32-26(35)25-23(13-15-36-25)33-27(32)29-30-28(33)37-17-20-7-11-22(12-8-20)31-14-3-4-24(31)34/h5-13,15,18H,3-4,14,16-17H2,1-2H3. The highest BCUT2D eigenvalue weighted by atomic mass is 32.2. The van der Waals surface area contributed by atoms with Crippen molar-refractivity contribution in [2.45, 2.75) is 50.1 Å². The number of hydrogen-bond donors (Lipinski definition) is 0. The maximum Gasteiger partial charge on any atom is 0.273 e. The molecule has 9 heteroatoms. The van der Waals surface area contributed by atoms with Crippen LogP contribution in [0.4, 0.5) is 5.69 Å². The summed E-state index contributed by atoms with van der Waals surface area (Å²) in [7, 11) is 0. The Bertz CT molecular complexity index is 1650. The van der Waals surface area contributed by atoms with E-state index in [1.54, 1.807) is 16.3 Å². The van der Waals surface area contributed by atoms with E-state index in [-0.39, 0.29) is 11.5 Å². The zero-order valence-corrected chi connectivity index (χ0v) is 22.4. The molecule has 0 spiro atoms. The average Bonchev–Trinajstić information content (AvgIpc) is 3.65. The number of aromatic nitrogens is 4. The Labute approximate surface area is 222 Å². The Hall–Kier alpha value is -3.43. The van der Waals surface area contributed by atoms with Crippen LogP contribution in [0.2, 0.25) is 0 Å². The predicted molar refractivity (Wildman–Crippen MR) is 150 cm³/mol. The van der Waals surface area contributed by atoms with Gasteiger partial charge in [0.05, 0.1) is 12.1 Å². The van der Waals surface area contributed by atoms with Crippen LogP contribution in [0.1, 0.15) is 49.3 Å². The Balaban J connectivity index is 1.30. The van der Waals surface area contributed by atoms with E-state index in [0.717, 1.165) is 40.5 Å². The third kappa shape index (κ3) is 4.46. The van der Waals surface area contributed by atoms with Crippen LogP contribution in [-0.2, 0) is 17.1 Å². The first-order chi connectivity index (χ1) is 18.0. The highest BCUT2D eigenvalue weighted by molar-refractivity contribution is 7.98. The number of thioether (sulfide) groups is 1. The van der Waals surface area contributed by atoms with Crippen molar-refractivity contribution in [1.29, 1.82) is 0 Å². The van der Waals surface area contributed by atoms with Crippen molar-refractivity contribution >= 4 is 50.7 Å². The molecule has 0 bridgehead atoms. The molecular formula is C28H27N5O2S2. The van der Waals surface area contributed by atoms with Crippen LogP contribution in [0.5, 0.6) is 0 Å². The summed E-state index contributed by atoms with van der Waals surface area (Å²) in [6.07, 6.45) is 1.55. The van der Waals surface area contributed by atoms with E-state index in [2.05, 4.69) is 60.4 Å². The molecule has 4 heterocycles. The number of fused-ring (bicyclic) bond motifs is 3. The molecule has 1 saturated heterocycles. The summed E-state index contributed by atoms with van der Waals surface area (Å²) in [6.45, 7) is 5.57. The summed E-state index contributed by atoms with van der Waals surface area (Å²) in [6, 6.07) is 18.5. The zero-order chi connectivity index (χ0) is 25.5. The lowest BCUT2D eigenvalue weighted by Gasteiger charge is -2.15.